The van der Waals surface area contributed by atoms with Gasteiger partial charge in [-0.25, -0.2) is 15.0 Å². The van der Waals surface area contributed by atoms with Gasteiger partial charge in [-0.3, -0.25) is 9.36 Å². The van der Waals surface area contributed by atoms with Crippen LogP contribution in [0.15, 0.2) is 12.7 Å². The fraction of sp³-hybridized carbons (Fsp3) is 0.455. The molecule has 1 aliphatic rings. The summed E-state index contributed by atoms with van der Waals surface area (Å²) in [4.78, 5) is 22.1. The lowest BCUT2D eigenvalue weighted by molar-refractivity contribution is -0.135. The number of nitrogens with zero attached hydrogens (tertiary/aromatic N) is 4. The molecule has 2 aromatic heterocycles. The predicted molar refractivity (Wildman–Crippen MR) is 67.7 cm³/mol. The highest BCUT2D eigenvalue weighted by molar-refractivity contribution is 5.81. The van der Waals surface area contributed by atoms with Gasteiger partial charge in [0.2, 0.25) is 0 Å². The van der Waals surface area contributed by atoms with Gasteiger partial charge < -0.3 is 25.4 Å². The van der Waals surface area contributed by atoms with Crippen LogP contribution in [0.3, 0.4) is 0 Å². The number of carbonyl (C=O) groups is 1. The third kappa shape index (κ3) is 2.18. The maximum Gasteiger partial charge on any atom is 0.293 e. The topological polar surface area (TPSA) is 146 Å². The van der Waals surface area contributed by atoms with E-state index in [1.807, 2.05) is 0 Å². The number of aliphatic hydroxyl groups is 2. The Labute approximate surface area is 118 Å². The molecule has 0 radical (unpaired) electrons. The van der Waals surface area contributed by atoms with Gasteiger partial charge in [0.15, 0.2) is 17.7 Å². The van der Waals surface area contributed by atoms with Crippen molar-refractivity contribution >= 4 is 23.5 Å². The molecule has 0 aromatic carbocycles. The molecular weight excluding hydrogens is 282 g/mol. The first-order chi connectivity index (χ1) is 10.1. The molecular formula is C11H13N5O5. The van der Waals surface area contributed by atoms with Crippen molar-refractivity contribution in [3.63, 3.8) is 0 Å². The summed E-state index contributed by atoms with van der Waals surface area (Å²) in [7, 11) is 0. The Morgan fingerprint density at radius 2 is 2.19 bits per heavy atom. The summed E-state index contributed by atoms with van der Waals surface area (Å²) in [5, 5.41) is 20.0. The van der Waals surface area contributed by atoms with Crippen LogP contribution in [0.2, 0.25) is 0 Å². The van der Waals surface area contributed by atoms with Gasteiger partial charge in [-0.1, -0.05) is 0 Å². The van der Waals surface area contributed by atoms with Crippen LogP contribution in [0.5, 0.6) is 0 Å². The van der Waals surface area contributed by atoms with E-state index in [0.717, 1.165) is 0 Å². The molecule has 1 aliphatic heterocycles. The minimum atomic E-state index is -1.22. The largest absolute Gasteiger partial charge is 0.465 e. The van der Waals surface area contributed by atoms with Crippen molar-refractivity contribution in [1.82, 2.24) is 19.5 Å². The Bertz CT molecular complexity index is 661. The van der Waals surface area contributed by atoms with Crippen LogP contribution >= 0.6 is 0 Å². The predicted octanol–water partition coefficient (Wildman–Crippen LogP) is -1.80. The van der Waals surface area contributed by atoms with Gasteiger partial charge in [-0.15, -0.1) is 0 Å². The molecule has 0 amide bonds. The van der Waals surface area contributed by atoms with Gasteiger partial charge in [0.25, 0.3) is 6.47 Å². The Morgan fingerprint density at radius 3 is 2.95 bits per heavy atom. The number of aromatic nitrogens is 4. The summed E-state index contributed by atoms with van der Waals surface area (Å²) >= 11 is 0. The highest BCUT2D eigenvalue weighted by atomic mass is 16.6. The van der Waals surface area contributed by atoms with E-state index < -0.39 is 24.5 Å². The van der Waals surface area contributed by atoms with E-state index in [4.69, 9.17) is 10.5 Å². The molecule has 0 unspecified atom stereocenters. The normalized spacial score (nSPS) is 28.9. The molecule has 1 fully saturated rings. The zero-order valence-electron chi connectivity index (χ0n) is 10.7. The number of imidazole rings is 1. The van der Waals surface area contributed by atoms with Gasteiger partial charge in [-0.05, 0) is 0 Å². The first kappa shape index (κ1) is 13.7. The smallest absolute Gasteiger partial charge is 0.293 e. The number of nitrogen functional groups attached to an aromatic ring is 1. The second-order valence-corrected chi connectivity index (χ2v) is 4.56. The van der Waals surface area contributed by atoms with Crippen LogP contribution < -0.4 is 5.73 Å². The lowest BCUT2D eigenvalue weighted by Gasteiger charge is -2.16. The summed E-state index contributed by atoms with van der Waals surface area (Å²) in [6, 6.07) is 0. The standard InChI is InChI=1S/C11H13N5O5/c12-9-6-10(14-2-13-9)16(3-15-6)11-8(19)7(18)5(21-11)1-20-4-17/h2-5,7-8,11,18-19H,1H2,(H2,12,13,14)/t5-,7+,8+,11-/m0/s1. The highest BCUT2D eigenvalue weighted by Crippen LogP contribution is 2.31. The summed E-state index contributed by atoms with van der Waals surface area (Å²) in [5.41, 5.74) is 6.43. The van der Waals surface area contributed by atoms with Crippen molar-refractivity contribution in [2.45, 2.75) is 24.5 Å². The van der Waals surface area contributed by atoms with E-state index in [0.29, 0.717) is 11.2 Å². The number of ether oxygens (including phenoxy) is 2. The van der Waals surface area contributed by atoms with E-state index in [-0.39, 0.29) is 18.9 Å². The molecule has 10 nitrogen and oxygen atoms in total. The fourth-order valence-electron chi connectivity index (χ4n) is 2.29. The maximum absolute atomic E-state index is 10.2. The SMILES string of the molecule is Nc1ncnc2c1ncn2[C@H]1O[C@@H](COC=O)[C@@H](O)[C@H]1O. The van der Waals surface area contributed by atoms with Gasteiger partial charge in [-0.2, -0.15) is 0 Å². The average Bonchev–Trinajstić information content (AvgIpc) is 3.02. The number of rotatable bonds is 4. The number of anilines is 1. The number of nitrogens with two attached hydrogens (primary N) is 1. The van der Waals surface area contributed by atoms with Gasteiger partial charge in [0, 0.05) is 0 Å². The molecule has 0 spiro atoms. The van der Waals surface area contributed by atoms with Gasteiger partial charge >= 0.3 is 0 Å². The summed E-state index contributed by atoms with van der Waals surface area (Å²) in [6.07, 6.45) is -1.53. The first-order valence-electron chi connectivity index (χ1n) is 6.13. The number of fused-ring (bicyclic) bond motifs is 1. The van der Waals surface area contributed by atoms with Crippen molar-refractivity contribution in [2.75, 3.05) is 12.3 Å². The van der Waals surface area contributed by atoms with Gasteiger partial charge in [0.05, 0.1) is 6.33 Å². The van der Waals surface area contributed by atoms with Crippen LogP contribution in [0.25, 0.3) is 11.2 Å². The van der Waals surface area contributed by atoms with Crippen LogP contribution in [0, 0.1) is 0 Å². The first-order valence-corrected chi connectivity index (χ1v) is 6.13. The quantitative estimate of drug-likeness (QED) is 0.556. The van der Waals surface area contributed by atoms with E-state index in [2.05, 4.69) is 19.7 Å². The molecule has 10 heteroatoms. The van der Waals surface area contributed by atoms with Crippen LogP contribution in [-0.4, -0.2) is 61.1 Å². The molecule has 3 rings (SSSR count). The minimum Gasteiger partial charge on any atom is -0.465 e. The Balaban J connectivity index is 1.92. The van der Waals surface area contributed by atoms with E-state index in [1.54, 1.807) is 0 Å². The second-order valence-electron chi connectivity index (χ2n) is 4.56. The molecule has 2 aromatic rings. The summed E-state index contributed by atoms with van der Waals surface area (Å²) in [5.74, 6) is 0.202. The molecule has 112 valence electrons. The Morgan fingerprint density at radius 1 is 1.38 bits per heavy atom. The lowest BCUT2D eigenvalue weighted by atomic mass is 10.1. The molecule has 21 heavy (non-hydrogen) atoms. The van der Waals surface area contributed by atoms with Crippen molar-refractivity contribution in [3.05, 3.63) is 12.7 Å². The minimum absolute atomic E-state index is 0.165. The average molecular weight is 295 g/mol. The molecule has 4 N–H and O–H groups in total. The van der Waals surface area contributed by atoms with E-state index >= 15 is 0 Å². The molecule has 4 atom stereocenters. The molecule has 1 saturated heterocycles. The highest BCUT2D eigenvalue weighted by Gasteiger charge is 2.44. The molecule has 0 saturated carbocycles. The molecule has 0 aliphatic carbocycles. The van der Waals surface area contributed by atoms with Crippen molar-refractivity contribution in [2.24, 2.45) is 0 Å². The van der Waals surface area contributed by atoms with Crippen molar-refractivity contribution in [3.8, 4) is 0 Å². The summed E-state index contributed by atoms with van der Waals surface area (Å²) in [6.45, 7) is 0.0817. The third-order valence-corrected chi connectivity index (χ3v) is 3.33. The number of carbonyl (C=O) groups excluding carboxylic acids is 1. The number of hydrogen-bond donors (Lipinski definition) is 3. The van der Waals surface area contributed by atoms with E-state index in [1.165, 1.54) is 17.2 Å². The van der Waals surface area contributed by atoms with Crippen LogP contribution in [0.1, 0.15) is 6.23 Å². The van der Waals surface area contributed by atoms with Gasteiger partial charge in [0.1, 0.15) is 36.8 Å². The van der Waals surface area contributed by atoms with Crippen molar-refractivity contribution in [1.29, 1.82) is 0 Å². The maximum atomic E-state index is 10.2. The lowest BCUT2D eigenvalue weighted by Crippen LogP contribution is -2.33. The number of hydrogen-bond acceptors (Lipinski definition) is 9. The van der Waals surface area contributed by atoms with Crippen LogP contribution in [0.4, 0.5) is 5.82 Å². The van der Waals surface area contributed by atoms with Crippen LogP contribution in [-0.2, 0) is 14.3 Å². The number of aliphatic hydroxyl groups excluding tert-OH is 2. The molecule has 0 bridgehead atoms. The Hall–Kier alpha value is -2.30. The van der Waals surface area contributed by atoms with Crippen molar-refractivity contribution < 1.29 is 24.5 Å². The third-order valence-electron chi connectivity index (χ3n) is 3.33. The fourth-order valence-corrected chi connectivity index (χ4v) is 2.29. The summed E-state index contributed by atoms with van der Waals surface area (Å²) < 4.78 is 11.5. The second kappa shape index (κ2) is 5.24. The zero-order chi connectivity index (χ0) is 15.0. The zero-order valence-corrected chi connectivity index (χ0v) is 10.7. The monoisotopic (exact) mass is 295 g/mol. The van der Waals surface area contributed by atoms with E-state index in [9.17, 15) is 15.0 Å². The molecule has 3 heterocycles. The Kier molecular flexibility index (Phi) is 3.41.